The number of carbonyl (C=O) groups is 1. The van der Waals surface area contributed by atoms with E-state index in [0.29, 0.717) is 17.5 Å². The summed E-state index contributed by atoms with van der Waals surface area (Å²) in [4.78, 5) is 18.1. The molecule has 0 aliphatic rings. The molecule has 2 aromatic heterocycles. The quantitative estimate of drug-likeness (QED) is 0.444. The van der Waals surface area contributed by atoms with E-state index in [4.69, 9.17) is 5.84 Å². The van der Waals surface area contributed by atoms with Crippen LogP contribution in [0.5, 0.6) is 0 Å². The summed E-state index contributed by atoms with van der Waals surface area (Å²) < 4.78 is 14.0. The standard InChI is InChI=1S/C9H7FN4O/c10-9-1-6(4-15)7(2-12-9)8-3-14(11)5-13-8/h1-5H,11H2. The average molecular weight is 206 g/mol. The molecule has 0 saturated heterocycles. The number of nitrogen functional groups attached to an aromatic ring is 1. The number of nitrogens with two attached hydrogens (primary N) is 1. The maximum absolute atomic E-state index is 12.7. The van der Waals surface area contributed by atoms with E-state index in [0.717, 1.165) is 6.07 Å². The highest BCUT2D eigenvalue weighted by molar-refractivity contribution is 5.85. The molecule has 0 aliphatic carbocycles. The van der Waals surface area contributed by atoms with E-state index in [1.165, 1.54) is 23.4 Å². The molecule has 15 heavy (non-hydrogen) atoms. The number of nitrogens with zero attached hydrogens (tertiary/aromatic N) is 3. The third kappa shape index (κ3) is 1.69. The van der Waals surface area contributed by atoms with Gasteiger partial charge in [0.25, 0.3) is 0 Å². The second-order valence-electron chi connectivity index (χ2n) is 2.92. The Balaban J connectivity index is 2.57. The zero-order valence-corrected chi connectivity index (χ0v) is 7.59. The number of carbonyl (C=O) groups excluding carboxylic acids is 1. The van der Waals surface area contributed by atoms with Gasteiger partial charge in [0.15, 0.2) is 6.29 Å². The van der Waals surface area contributed by atoms with Crippen molar-refractivity contribution in [2.45, 2.75) is 0 Å². The third-order valence-corrected chi connectivity index (χ3v) is 1.91. The van der Waals surface area contributed by atoms with Gasteiger partial charge in [0, 0.05) is 23.4 Å². The number of pyridine rings is 1. The smallest absolute Gasteiger partial charge is 0.213 e. The first kappa shape index (κ1) is 9.32. The van der Waals surface area contributed by atoms with Crippen molar-refractivity contribution in [1.82, 2.24) is 14.6 Å². The first-order chi connectivity index (χ1) is 7.20. The first-order valence-electron chi connectivity index (χ1n) is 4.11. The fraction of sp³-hybridized carbons (Fsp3) is 0. The molecule has 2 N–H and O–H groups in total. The molecule has 0 fully saturated rings. The average Bonchev–Trinajstić information content (AvgIpc) is 2.64. The van der Waals surface area contributed by atoms with Gasteiger partial charge in [-0.25, -0.2) is 9.97 Å². The number of aldehydes is 1. The Hall–Kier alpha value is -2.24. The molecular weight excluding hydrogens is 199 g/mol. The number of hydrogen-bond acceptors (Lipinski definition) is 4. The summed E-state index contributed by atoms with van der Waals surface area (Å²) in [5, 5.41) is 0. The van der Waals surface area contributed by atoms with Gasteiger partial charge in [0.1, 0.15) is 6.33 Å². The first-order valence-corrected chi connectivity index (χ1v) is 4.11. The van der Waals surface area contributed by atoms with Crippen molar-refractivity contribution >= 4 is 6.29 Å². The molecule has 0 aliphatic heterocycles. The Morgan fingerprint density at radius 2 is 2.27 bits per heavy atom. The largest absolute Gasteiger partial charge is 0.338 e. The topological polar surface area (TPSA) is 73.8 Å². The predicted octanol–water partition coefficient (Wildman–Crippen LogP) is 0.610. The lowest BCUT2D eigenvalue weighted by molar-refractivity contribution is 0.112. The van der Waals surface area contributed by atoms with E-state index in [1.807, 2.05) is 0 Å². The van der Waals surface area contributed by atoms with Crippen molar-refractivity contribution < 1.29 is 9.18 Å². The minimum Gasteiger partial charge on any atom is -0.338 e. The molecule has 6 heteroatoms. The van der Waals surface area contributed by atoms with Crippen LogP contribution in [0.2, 0.25) is 0 Å². The van der Waals surface area contributed by atoms with Gasteiger partial charge in [-0.3, -0.25) is 9.47 Å². The minimum atomic E-state index is -0.701. The number of imidazole rings is 1. The second kappa shape index (κ2) is 3.49. The lowest BCUT2D eigenvalue weighted by Crippen LogP contribution is -2.03. The van der Waals surface area contributed by atoms with Gasteiger partial charge in [-0.15, -0.1) is 0 Å². The van der Waals surface area contributed by atoms with Crippen LogP contribution in [-0.2, 0) is 0 Å². The highest BCUT2D eigenvalue weighted by Gasteiger charge is 2.09. The van der Waals surface area contributed by atoms with Crippen LogP contribution in [0, 0.1) is 5.95 Å². The summed E-state index contributed by atoms with van der Waals surface area (Å²) in [7, 11) is 0. The van der Waals surface area contributed by atoms with Crippen LogP contribution in [0.3, 0.4) is 0 Å². The van der Waals surface area contributed by atoms with Gasteiger partial charge in [0.2, 0.25) is 5.95 Å². The Kier molecular flexibility index (Phi) is 2.17. The SMILES string of the molecule is Nn1cnc(-c2cnc(F)cc2C=O)c1. The van der Waals surface area contributed by atoms with E-state index in [1.54, 1.807) is 0 Å². The van der Waals surface area contributed by atoms with Gasteiger partial charge < -0.3 is 5.84 Å². The van der Waals surface area contributed by atoms with Crippen LogP contribution in [0.1, 0.15) is 10.4 Å². The van der Waals surface area contributed by atoms with E-state index in [9.17, 15) is 9.18 Å². The zero-order chi connectivity index (χ0) is 10.8. The van der Waals surface area contributed by atoms with Crippen molar-refractivity contribution in [3.05, 3.63) is 36.3 Å². The highest BCUT2D eigenvalue weighted by atomic mass is 19.1. The monoisotopic (exact) mass is 206 g/mol. The van der Waals surface area contributed by atoms with Gasteiger partial charge >= 0.3 is 0 Å². The van der Waals surface area contributed by atoms with Crippen LogP contribution in [-0.4, -0.2) is 20.9 Å². The normalized spacial score (nSPS) is 10.2. The van der Waals surface area contributed by atoms with Crippen LogP contribution < -0.4 is 5.84 Å². The van der Waals surface area contributed by atoms with Crippen molar-refractivity contribution in [3.63, 3.8) is 0 Å². The van der Waals surface area contributed by atoms with Gasteiger partial charge in [0.05, 0.1) is 11.9 Å². The molecule has 2 rings (SSSR count). The lowest BCUT2D eigenvalue weighted by atomic mass is 10.1. The van der Waals surface area contributed by atoms with Crippen LogP contribution in [0.25, 0.3) is 11.3 Å². The number of aromatic nitrogens is 3. The summed E-state index contributed by atoms with van der Waals surface area (Å²) in [6, 6.07) is 1.05. The van der Waals surface area contributed by atoms with E-state index in [-0.39, 0.29) is 5.56 Å². The molecule has 5 nitrogen and oxygen atoms in total. The fourth-order valence-corrected chi connectivity index (χ4v) is 1.23. The molecule has 0 atom stereocenters. The van der Waals surface area contributed by atoms with Gasteiger partial charge in [-0.2, -0.15) is 4.39 Å². The van der Waals surface area contributed by atoms with E-state index < -0.39 is 5.95 Å². The highest BCUT2D eigenvalue weighted by Crippen LogP contribution is 2.19. The van der Waals surface area contributed by atoms with Crippen molar-refractivity contribution in [2.24, 2.45) is 0 Å². The molecule has 0 bridgehead atoms. The van der Waals surface area contributed by atoms with Crippen LogP contribution in [0.15, 0.2) is 24.8 Å². The summed E-state index contributed by atoms with van der Waals surface area (Å²) in [6.07, 6.45) is 4.70. The van der Waals surface area contributed by atoms with Crippen molar-refractivity contribution in [3.8, 4) is 11.3 Å². The zero-order valence-electron chi connectivity index (χ0n) is 7.59. The maximum Gasteiger partial charge on any atom is 0.213 e. The third-order valence-electron chi connectivity index (χ3n) is 1.91. The predicted molar refractivity (Wildman–Crippen MR) is 51.0 cm³/mol. The molecule has 0 aromatic carbocycles. The molecule has 0 radical (unpaired) electrons. The summed E-state index contributed by atoms with van der Waals surface area (Å²) >= 11 is 0. The summed E-state index contributed by atoms with van der Waals surface area (Å²) in [6.45, 7) is 0. The van der Waals surface area contributed by atoms with Crippen molar-refractivity contribution in [2.75, 3.05) is 5.84 Å². The Labute approximate surface area is 84.3 Å². The Bertz CT molecular complexity index is 509. The number of halogens is 1. The molecule has 76 valence electrons. The van der Waals surface area contributed by atoms with Crippen LogP contribution in [0.4, 0.5) is 4.39 Å². The lowest BCUT2D eigenvalue weighted by Gasteiger charge is -1.99. The molecule has 0 saturated carbocycles. The van der Waals surface area contributed by atoms with Gasteiger partial charge in [-0.05, 0) is 0 Å². The molecule has 2 heterocycles. The second-order valence-corrected chi connectivity index (χ2v) is 2.92. The molecule has 2 aromatic rings. The minimum absolute atomic E-state index is 0.196. The maximum atomic E-state index is 12.7. The van der Waals surface area contributed by atoms with Gasteiger partial charge in [-0.1, -0.05) is 0 Å². The van der Waals surface area contributed by atoms with E-state index in [2.05, 4.69) is 9.97 Å². The molecule has 0 unspecified atom stereocenters. The summed E-state index contributed by atoms with van der Waals surface area (Å²) in [5.74, 6) is 4.71. The number of hydrogen-bond donors (Lipinski definition) is 1. The number of rotatable bonds is 2. The summed E-state index contributed by atoms with van der Waals surface area (Å²) in [5.41, 5.74) is 1.13. The van der Waals surface area contributed by atoms with Crippen molar-refractivity contribution in [1.29, 1.82) is 0 Å². The van der Waals surface area contributed by atoms with Crippen LogP contribution >= 0.6 is 0 Å². The van der Waals surface area contributed by atoms with E-state index >= 15 is 0 Å². The molecular formula is C9H7FN4O. The molecule has 0 amide bonds. The Morgan fingerprint density at radius 3 is 2.87 bits per heavy atom. The molecule has 0 spiro atoms. The fourth-order valence-electron chi connectivity index (χ4n) is 1.23. The Morgan fingerprint density at radius 1 is 1.47 bits per heavy atom.